The summed E-state index contributed by atoms with van der Waals surface area (Å²) in [5, 5.41) is 9.94. The number of H-pyrrole nitrogens is 1. The van der Waals surface area contributed by atoms with Crippen molar-refractivity contribution in [2.45, 2.75) is 26.3 Å². The fraction of sp³-hybridized carbons (Fsp3) is 0.438. The van der Waals surface area contributed by atoms with Gasteiger partial charge in [0.05, 0.1) is 0 Å². The van der Waals surface area contributed by atoms with Gasteiger partial charge < -0.3 is 5.73 Å². The molecular weight excluding hydrogens is 297 g/mol. The quantitative estimate of drug-likeness (QED) is 0.902. The maximum absolute atomic E-state index is 14.4. The lowest BCUT2D eigenvalue weighted by Gasteiger charge is -2.30. The number of hydrogen-bond acceptors (Lipinski definition) is 4. The molecule has 1 saturated heterocycles. The van der Waals surface area contributed by atoms with E-state index in [1.807, 2.05) is 0 Å². The summed E-state index contributed by atoms with van der Waals surface area (Å²) >= 11 is 0. The molecule has 2 aromatic rings. The van der Waals surface area contributed by atoms with Crippen LogP contribution < -0.4 is 5.73 Å². The lowest BCUT2D eigenvalue weighted by atomic mass is 9.98. The maximum atomic E-state index is 14.4. The minimum Gasteiger partial charge on any atom is -0.364 e. The van der Waals surface area contributed by atoms with Crippen molar-refractivity contribution < 1.29 is 9.18 Å². The lowest BCUT2D eigenvalue weighted by molar-refractivity contribution is 0.0996. The molecule has 0 unspecified atom stereocenters. The third-order valence-corrected chi connectivity index (χ3v) is 4.38. The van der Waals surface area contributed by atoms with Crippen LogP contribution in [-0.4, -0.2) is 39.3 Å². The second-order valence-electron chi connectivity index (χ2n) is 6.15. The second-order valence-corrected chi connectivity index (χ2v) is 6.15. The maximum Gasteiger partial charge on any atom is 0.271 e. The predicted octanol–water partition coefficient (Wildman–Crippen LogP) is 1.94. The van der Waals surface area contributed by atoms with E-state index in [9.17, 15) is 9.18 Å². The molecule has 1 fully saturated rings. The van der Waals surface area contributed by atoms with E-state index in [0.29, 0.717) is 17.7 Å². The number of primary amides is 1. The first-order valence-electron chi connectivity index (χ1n) is 7.76. The Morgan fingerprint density at radius 1 is 1.39 bits per heavy atom. The van der Waals surface area contributed by atoms with Gasteiger partial charge in [0.2, 0.25) is 0 Å². The van der Waals surface area contributed by atoms with E-state index < -0.39 is 5.91 Å². The van der Waals surface area contributed by atoms with Crippen molar-refractivity contribution in [3.63, 3.8) is 0 Å². The number of aromatic nitrogens is 3. The van der Waals surface area contributed by atoms with Gasteiger partial charge in [0.1, 0.15) is 11.5 Å². The van der Waals surface area contributed by atoms with E-state index in [4.69, 9.17) is 5.73 Å². The van der Waals surface area contributed by atoms with Crippen LogP contribution in [0.3, 0.4) is 0 Å². The number of benzene rings is 1. The Balaban J connectivity index is 1.78. The molecule has 1 amide bonds. The molecule has 6 nitrogen and oxygen atoms in total. The van der Waals surface area contributed by atoms with Crippen LogP contribution in [0.25, 0.3) is 11.3 Å². The van der Waals surface area contributed by atoms with Crippen molar-refractivity contribution in [2.24, 2.45) is 11.7 Å². The SMILES string of the molecule is CC1CCN(Cc2ccc(-c3n[nH]nc3C(N)=O)cc2F)CC1. The zero-order valence-electron chi connectivity index (χ0n) is 13.1. The van der Waals surface area contributed by atoms with Crippen molar-refractivity contribution >= 4 is 5.91 Å². The molecule has 3 rings (SSSR count). The Kier molecular flexibility index (Phi) is 4.38. The van der Waals surface area contributed by atoms with E-state index >= 15 is 0 Å². The molecule has 0 aliphatic carbocycles. The number of likely N-dealkylation sites (tertiary alicyclic amines) is 1. The van der Waals surface area contributed by atoms with Gasteiger partial charge in [-0.1, -0.05) is 19.1 Å². The van der Waals surface area contributed by atoms with Crippen molar-refractivity contribution in [2.75, 3.05) is 13.1 Å². The van der Waals surface area contributed by atoms with Crippen LogP contribution in [-0.2, 0) is 6.54 Å². The molecule has 1 aromatic heterocycles. The number of nitrogens with zero attached hydrogens (tertiary/aromatic N) is 3. The van der Waals surface area contributed by atoms with E-state index in [-0.39, 0.29) is 17.2 Å². The summed E-state index contributed by atoms with van der Waals surface area (Å²) in [7, 11) is 0. The van der Waals surface area contributed by atoms with Gasteiger partial charge in [0, 0.05) is 17.7 Å². The van der Waals surface area contributed by atoms with Gasteiger partial charge >= 0.3 is 0 Å². The van der Waals surface area contributed by atoms with Crippen LogP contribution in [0, 0.1) is 11.7 Å². The van der Waals surface area contributed by atoms with E-state index in [1.165, 1.54) is 6.07 Å². The fourth-order valence-corrected chi connectivity index (χ4v) is 2.89. The number of rotatable bonds is 4. The monoisotopic (exact) mass is 317 g/mol. The highest BCUT2D eigenvalue weighted by Crippen LogP contribution is 2.24. The number of piperidine rings is 1. The van der Waals surface area contributed by atoms with Crippen LogP contribution in [0.4, 0.5) is 4.39 Å². The number of hydrogen-bond donors (Lipinski definition) is 2. The molecule has 1 aliphatic rings. The van der Waals surface area contributed by atoms with Crippen molar-refractivity contribution in [1.29, 1.82) is 0 Å². The minimum atomic E-state index is -0.694. The number of nitrogens with one attached hydrogen (secondary N) is 1. The number of carbonyl (C=O) groups excluding carboxylic acids is 1. The fourth-order valence-electron chi connectivity index (χ4n) is 2.89. The summed E-state index contributed by atoms with van der Waals surface area (Å²) < 4.78 is 14.4. The molecule has 7 heteroatoms. The van der Waals surface area contributed by atoms with Crippen LogP contribution in [0.15, 0.2) is 18.2 Å². The zero-order chi connectivity index (χ0) is 16.4. The number of aromatic amines is 1. The average molecular weight is 317 g/mol. The number of nitrogens with two attached hydrogens (primary N) is 1. The topological polar surface area (TPSA) is 87.9 Å². The molecule has 122 valence electrons. The van der Waals surface area contributed by atoms with Gasteiger partial charge in [-0.05, 0) is 37.9 Å². The molecule has 0 bridgehead atoms. The highest BCUT2D eigenvalue weighted by atomic mass is 19.1. The Hall–Kier alpha value is -2.28. The largest absolute Gasteiger partial charge is 0.364 e. The first-order chi connectivity index (χ1) is 11.0. The van der Waals surface area contributed by atoms with Gasteiger partial charge in [0.25, 0.3) is 5.91 Å². The molecule has 2 heterocycles. The van der Waals surface area contributed by atoms with Crippen LogP contribution in [0.1, 0.15) is 35.8 Å². The first kappa shape index (κ1) is 15.6. The number of halogens is 1. The Bertz CT molecular complexity index is 706. The Morgan fingerprint density at radius 3 is 2.78 bits per heavy atom. The molecule has 0 atom stereocenters. The third-order valence-electron chi connectivity index (χ3n) is 4.38. The predicted molar refractivity (Wildman–Crippen MR) is 84.0 cm³/mol. The minimum absolute atomic E-state index is 0.0159. The van der Waals surface area contributed by atoms with Crippen LogP contribution in [0.2, 0.25) is 0 Å². The van der Waals surface area contributed by atoms with Crippen molar-refractivity contribution in [3.05, 3.63) is 35.3 Å². The van der Waals surface area contributed by atoms with E-state index in [2.05, 4.69) is 27.2 Å². The summed E-state index contributed by atoms with van der Waals surface area (Å²) in [4.78, 5) is 13.6. The lowest BCUT2D eigenvalue weighted by Crippen LogP contribution is -2.32. The van der Waals surface area contributed by atoms with Crippen LogP contribution >= 0.6 is 0 Å². The average Bonchev–Trinajstić information content (AvgIpc) is 3.01. The smallest absolute Gasteiger partial charge is 0.271 e. The summed E-state index contributed by atoms with van der Waals surface area (Å²) in [6.07, 6.45) is 2.31. The van der Waals surface area contributed by atoms with Crippen molar-refractivity contribution in [1.82, 2.24) is 20.3 Å². The van der Waals surface area contributed by atoms with Gasteiger partial charge in [0.15, 0.2) is 5.69 Å². The molecule has 23 heavy (non-hydrogen) atoms. The Labute approximate surface area is 133 Å². The molecular formula is C16H20FN5O. The molecule has 0 radical (unpaired) electrons. The summed E-state index contributed by atoms with van der Waals surface area (Å²) in [5.74, 6) is -0.252. The normalized spacial score (nSPS) is 16.6. The highest BCUT2D eigenvalue weighted by Gasteiger charge is 2.19. The third kappa shape index (κ3) is 3.39. The standard InChI is InChI=1S/C16H20FN5O/c1-10-4-6-22(7-5-10)9-12-3-2-11(8-13(12)17)14-15(16(18)23)20-21-19-14/h2-3,8,10H,4-7,9H2,1H3,(H2,18,23)(H,19,20,21). The molecule has 1 aliphatic heterocycles. The summed E-state index contributed by atoms with van der Waals surface area (Å²) in [6.45, 7) is 4.84. The summed E-state index contributed by atoms with van der Waals surface area (Å²) in [6, 6.07) is 4.86. The highest BCUT2D eigenvalue weighted by molar-refractivity contribution is 5.96. The van der Waals surface area contributed by atoms with Crippen LogP contribution in [0.5, 0.6) is 0 Å². The van der Waals surface area contributed by atoms with E-state index in [1.54, 1.807) is 12.1 Å². The van der Waals surface area contributed by atoms with Gasteiger partial charge in [-0.25, -0.2) is 4.39 Å². The second kappa shape index (κ2) is 6.45. The zero-order valence-corrected chi connectivity index (χ0v) is 13.1. The van der Waals surface area contributed by atoms with Gasteiger partial charge in [-0.2, -0.15) is 15.4 Å². The number of carbonyl (C=O) groups is 1. The van der Waals surface area contributed by atoms with Gasteiger partial charge in [-0.3, -0.25) is 9.69 Å². The van der Waals surface area contributed by atoms with Gasteiger partial charge in [-0.15, -0.1) is 0 Å². The molecule has 3 N–H and O–H groups in total. The Morgan fingerprint density at radius 2 is 2.13 bits per heavy atom. The molecule has 0 spiro atoms. The van der Waals surface area contributed by atoms with E-state index in [0.717, 1.165) is 31.8 Å². The summed E-state index contributed by atoms with van der Waals surface area (Å²) in [5.41, 5.74) is 6.66. The first-order valence-corrected chi connectivity index (χ1v) is 7.76. The number of amides is 1. The van der Waals surface area contributed by atoms with Crippen molar-refractivity contribution in [3.8, 4) is 11.3 Å². The molecule has 0 saturated carbocycles. The molecule has 1 aromatic carbocycles.